The molecule has 5 heteroatoms. The summed E-state index contributed by atoms with van der Waals surface area (Å²) in [6, 6.07) is 1.08. The normalized spacial score (nSPS) is 43.8. The Morgan fingerprint density at radius 3 is 2.40 bits per heavy atom. The van der Waals surface area contributed by atoms with E-state index in [1.807, 2.05) is 0 Å². The van der Waals surface area contributed by atoms with Gasteiger partial charge < -0.3 is 20.5 Å². The van der Waals surface area contributed by atoms with Crippen LogP contribution in [0.5, 0.6) is 0 Å². The van der Waals surface area contributed by atoms with Crippen molar-refractivity contribution in [3.8, 4) is 0 Å². The predicted molar refractivity (Wildman–Crippen MR) is 142 cm³/mol. The molecule has 0 saturated heterocycles. The van der Waals surface area contributed by atoms with Crippen molar-refractivity contribution in [1.29, 1.82) is 0 Å². The highest BCUT2D eigenvalue weighted by Gasteiger charge is 2.62. The van der Waals surface area contributed by atoms with E-state index in [4.69, 9.17) is 4.74 Å². The van der Waals surface area contributed by atoms with Crippen LogP contribution in [0.1, 0.15) is 98.8 Å². The van der Waals surface area contributed by atoms with Crippen LogP contribution < -0.4 is 10.6 Å². The van der Waals surface area contributed by atoms with Gasteiger partial charge in [-0.25, -0.2) is 0 Å². The Morgan fingerprint density at radius 1 is 0.971 bits per heavy atom. The monoisotopic (exact) mass is 490 g/mol. The Labute approximate surface area is 214 Å². The SMILES string of the molecule is COC(=O)CC[C@@H](C)[C@H]1CCC2C3C[C@H](O)[C@H]4C[C@@H](NCCNC(C)C)CC[C@]4(C)C3CC[C@@]21C. The largest absolute Gasteiger partial charge is 0.469 e. The molecule has 202 valence electrons. The number of fused-ring (bicyclic) bond motifs is 5. The molecule has 0 heterocycles. The summed E-state index contributed by atoms with van der Waals surface area (Å²) in [5.41, 5.74) is 0.647. The van der Waals surface area contributed by atoms with Crippen molar-refractivity contribution in [3.05, 3.63) is 0 Å². The van der Waals surface area contributed by atoms with Crippen molar-refractivity contribution in [2.24, 2.45) is 46.3 Å². The van der Waals surface area contributed by atoms with Crippen LogP contribution in [-0.4, -0.2) is 49.5 Å². The van der Waals surface area contributed by atoms with Gasteiger partial charge in [0.25, 0.3) is 0 Å². The first-order valence-electron chi connectivity index (χ1n) is 14.8. The molecular formula is C30H54N2O3. The molecule has 5 nitrogen and oxygen atoms in total. The maximum atomic E-state index is 11.8. The molecular weight excluding hydrogens is 436 g/mol. The first-order chi connectivity index (χ1) is 16.6. The lowest BCUT2D eigenvalue weighted by Crippen LogP contribution is -2.59. The lowest BCUT2D eigenvalue weighted by Gasteiger charge is -2.62. The fourth-order valence-electron chi connectivity index (χ4n) is 9.75. The molecule has 0 aliphatic heterocycles. The number of carbonyl (C=O) groups excluding carboxylic acids is 1. The first-order valence-corrected chi connectivity index (χ1v) is 14.8. The maximum Gasteiger partial charge on any atom is 0.305 e. The van der Waals surface area contributed by atoms with Gasteiger partial charge >= 0.3 is 5.97 Å². The zero-order chi connectivity index (χ0) is 25.4. The van der Waals surface area contributed by atoms with Crippen LogP contribution in [0, 0.1) is 46.3 Å². The molecule has 3 unspecified atom stereocenters. The summed E-state index contributed by atoms with van der Waals surface area (Å²) in [4.78, 5) is 11.8. The quantitative estimate of drug-likeness (QED) is 0.308. The number of rotatable bonds is 9. The van der Waals surface area contributed by atoms with E-state index in [9.17, 15) is 9.90 Å². The number of aliphatic hydroxyl groups is 1. The summed E-state index contributed by atoms with van der Waals surface area (Å²) >= 11 is 0. The Bertz CT molecular complexity index is 728. The number of esters is 1. The lowest BCUT2D eigenvalue weighted by atomic mass is 9.43. The first kappa shape index (κ1) is 27.4. The van der Waals surface area contributed by atoms with Crippen LogP contribution in [0.3, 0.4) is 0 Å². The molecule has 0 aromatic heterocycles. The Kier molecular flexibility index (Phi) is 8.60. The van der Waals surface area contributed by atoms with E-state index in [-0.39, 0.29) is 17.5 Å². The third-order valence-corrected chi connectivity index (χ3v) is 11.6. The zero-order valence-electron chi connectivity index (χ0n) is 23.4. The third-order valence-electron chi connectivity index (χ3n) is 11.6. The van der Waals surface area contributed by atoms with Gasteiger partial charge in [0.2, 0.25) is 0 Å². The minimum absolute atomic E-state index is 0.0732. The van der Waals surface area contributed by atoms with Gasteiger partial charge in [0.15, 0.2) is 0 Å². The number of carbonyl (C=O) groups is 1. The molecule has 4 rings (SSSR count). The van der Waals surface area contributed by atoms with Crippen molar-refractivity contribution in [1.82, 2.24) is 10.6 Å². The zero-order valence-corrected chi connectivity index (χ0v) is 23.4. The van der Waals surface area contributed by atoms with E-state index in [2.05, 4.69) is 45.3 Å². The van der Waals surface area contributed by atoms with Crippen molar-refractivity contribution in [2.45, 2.75) is 117 Å². The lowest BCUT2D eigenvalue weighted by molar-refractivity contribution is -0.162. The predicted octanol–water partition coefficient (Wildman–Crippen LogP) is 5.16. The topological polar surface area (TPSA) is 70.6 Å². The average Bonchev–Trinajstić information content (AvgIpc) is 3.18. The summed E-state index contributed by atoms with van der Waals surface area (Å²) in [7, 11) is 1.50. The van der Waals surface area contributed by atoms with E-state index in [1.165, 1.54) is 45.6 Å². The second-order valence-electron chi connectivity index (χ2n) is 13.6. The van der Waals surface area contributed by atoms with Crippen molar-refractivity contribution < 1.29 is 14.6 Å². The van der Waals surface area contributed by atoms with Gasteiger partial charge in [-0.15, -0.1) is 0 Å². The second-order valence-corrected chi connectivity index (χ2v) is 13.6. The fraction of sp³-hybridized carbons (Fsp3) is 0.967. The number of hydrogen-bond donors (Lipinski definition) is 3. The summed E-state index contributed by atoms with van der Waals surface area (Å²) in [6.07, 6.45) is 11.2. The summed E-state index contributed by atoms with van der Waals surface area (Å²) in [5, 5.41) is 18.8. The van der Waals surface area contributed by atoms with Gasteiger partial charge in [0, 0.05) is 31.6 Å². The van der Waals surface area contributed by atoms with Gasteiger partial charge in [-0.3, -0.25) is 4.79 Å². The van der Waals surface area contributed by atoms with E-state index in [0.29, 0.717) is 47.6 Å². The van der Waals surface area contributed by atoms with E-state index < -0.39 is 0 Å². The molecule has 0 aromatic rings. The van der Waals surface area contributed by atoms with Crippen molar-refractivity contribution in [3.63, 3.8) is 0 Å². The Hall–Kier alpha value is -0.650. The molecule has 0 bridgehead atoms. The van der Waals surface area contributed by atoms with Crippen LogP contribution in [-0.2, 0) is 9.53 Å². The number of ether oxygens (including phenoxy) is 1. The van der Waals surface area contributed by atoms with Gasteiger partial charge in [-0.1, -0.05) is 34.6 Å². The third kappa shape index (κ3) is 5.34. The van der Waals surface area contributed by atoms with Crippen LogP contribution in [0.15, 0.2) is 0 Å². The molecule has 0 radical (unpaired) electrons. The van der Waals surface area contributed by atoms with E-state index >= 15 is 0 Å². The van der Waals surface area contributed by atoms with Crippen LogP contribution in [0.25, 0.3) is 0 Å². The minimum atomic E-state index is -0.155. The molecule has 0 amide bonds. The standard InChI is InChI=1S/C30H54N2O3/c1-19(2)31-15-16-32-21-11-13-30(5)25-12-14-29(4)23(20(3)7-10-28(34)35-6)8-9-24(29)22(25)18-27(33)26(30)17-21/h19-27,31-33H,7-18H2,1-6H3/t20-,21+,22?,23-,24?,25?,26-,27+,29-,30-/m1/s1. The molecule has 10 atom stereocenters. The fourth-order valence-corrected chi connectivity index (χ4v) is 9.75. The summed E-state index contributed by atoms with van der Waals surface area (Å²) in [5.74, 6) is 3.79. The van der Waals surface area contributed by atoms with Crippen molar-refractivity contribution in [2.75, 3.05) is 20.2 Å². The molecule has 4 aliphatic carbocycles. The average molecular weight is 491 g/mol. The molecule has 4 fully saturated rings. The second kappa shape index (κ2) is 11.0. The summed E-state index contributed by atoms with van der Waals surface area (Å²) < 4.78 is 4.91. The number of nitrogens with one attached hydrogen (secondary N) is 2. The number of aliphatic hydroxyl groups excluding tert-OH is 1. The van der Waals surface area contributed by atoms with E-state index in [1.54, 1.807) is 0 Å². The molecule has 4 saturated carbocycles. The maximum absolute atomic E-state index is 11.8. The highest BCUT2D eigenvalue weighted by molar-refractivity contribution is 5.69. The van der Waals surface area contributed by atoms with Gasteiger partial charge in [0.05, 0.1) is 13.2 Å². The Balaban J connectivity index is 1.40. The van der Waals surface area contributed by atoms with Crippen LogP contribution in [0.2, 0.25) is 0 Å². The van der Waals surface area contributed by atoms with Crippen LogP contribution >= 0.6 is 0 Å². The number of methoxy groups -OCH3 is 1. The van der Waals surface area contributed by atoms with Gasteiger partial charge in [0.1, 0.15) is 0 Å². The Morgan fingerprint density at radius 2 is 1.69 bits per heavy atom. The van der Waals surface area contributed by atoms with Crippen molar-refractivity contribution >= 4 is 5.97 Å². The van der Waals surface area contributed by atoms with E-state index in [0.717, 1.165) is 44.2 Å². The van der Waals surface area contributed by atoms with Gasteiger partial charge in [-0.05, 0) is 104 Å². The summed E-state index contributed by atoms with van der Waals surface area (Å²) in [6.45, 7) is 13.9. The number of hydrogen-bond acceptors (Lipinski definition) is 5. The smallest absolute Gasteiger partial charge is 0.305 e. The van der Waals surface area contributed by atoms with Gasteiger partial charge in [-0.2, -0.15) is 0 Å². The minimum Gasteiger partial charge on any atom is -0.469 e. The van der Waals surface area contributed by atoms with Crippen LogP contribution in [0.4, 0.5) is 0 Å². The molecule has 4 aliphatic rings. The highest BCUT2D eigenvalue weighted by Crippen LogP contribution is 2.68. The molecule has 0 spiro atoms. The molecule has 0 aromatic carbocycles. The molecule has 3 N–H and O–H groups in total. The molecule has 35 heavy (non-hydrogen) atoms. The highest BCUT2D eigenvalue weighted by atomic mass is 16.5.